The van der Waals surface area contributed by atoms with Crippen LogP contribution in [-0.2, 0) is 26.0 Å². The second kappa shape index (κ2) is 13.5. The maximum Gasteiger partial charge on any atom is 0.242 e. The minimum atomic E-state index is -3.56. The molecule has 1 N–H and O–H groups in total. The van der Waals surface area contributed by atoms with Gasteiger partial charge in [0.05, 0.1) is 11.9 Å². The van der Waals surface area contributed by atoms with Gasteiger partial charge in [-0.3, -0.25) is 13.9 Å². The Balaban J connectivity index is 2.11. The van der Waals surface area contributed by atoms with E-state index in [9.17, 15) is 18.0 Å². The minimum absolute atomic E-state index is 0.0111. The SMILES string of the molecule is CC[C@@H](C)NC(=O)[C@@H](C)N(CCc1ccccc1)C(=O)CCCN(c1cccc(Cl)c1)S(C)(=O)=O. The lowest BCUT2D eigenvalue weighted by molar-refractivity contribution is -0.140. The summed E-state index contributed by atoms with van der Waals surface area (Å²) in [4.78, 5) is 27.6. The Bertz CT molecular complexity index is 1080. The van der Waals surface area contributed by atoms with Crippen LogP contribution in [0.4, 0.5) is 5.69 Å². The zero-order valence-electron chi connectivity index (χ0n) is 20.9. The highest BCUT2D eigenvalue weighted by Crippen LogP contribution is 2.22. The van der Waals surface area contributed by atoms with E-state index in [0.717, 1.165) is 18.2 Å². The number of hydrogen-bond acceptors (Lipinski definition) is 4. The van der Waals surface area contributed by atoms with Gasteiger partial charge in [0.15, 0.2) is 0 Å². The molecule has 0 spiro atoms. The van der Waals surface area contributed by atoms with Crippen molar-refractivity contribution in [3.05, 3.63) is 65.2 Å². The Kier molecular flexibility index (Phi) is 11.0. The molecular weight excluding hydrogens is 486 g/mol. The largest absolute Gasteiger partial charge is 0.352 e. The van der Waals surface area contributed by atoms with Crippen LogP contribution in [0.15, 0.2) is 54.6 Å². The van der Waals surface area contributed by atoms with Gasteiger partial charge in [0.1, 0.15) is 6.04 Å². The molecule has 0 aliphatic carbocycles. The van der Waals surface area contributed by atoms with Crippen LogP contribution in [0.2, 0.25) is 5.02 Å². The van der Waals surface area contributed by atoms with Crippen molar-refractivity contribution >= 4 is 39.1 Å². The second-order valence-electron chi connectivity index (χ2n) is 8.74. The van der Waals surface area contributed by atoms with Crippen LogP contribution in [0.5, 0.6) is 0 Å². The number of carbonyl (C=O) groups excluding carboxylic acids is 2. The number of carbonyl (C=O) groups is 2. The molecule has 9 heteroatoms. The van der Waals surface area contributed by atoms with Crippen LogP contribution in [0, 0.1) is 0 Å². The Hall–Kier alpha value is -2.58. The van der Waals surface area contributed by atoms with Crippen molar-refractivity contribution in [1.82, 2.24) is 10.2 Å². The van der Waals surface area contributed by atoms with Gasteiger partial charge in [0.25, 0.3) is 0 Å². The lowest BCUT2D eigenvalue weighted by Crippen LogP contribution is -2.50. The van der Waals surface area contributed by atoms with E-state index < -0.39 is 16.1 Å². The first-order chi connectivity index (χ1) is 16.5. The van der Waals surface area contributed by atoms with E-state index in [1.165, 1.54) is 4.31 Å². The number of sulfonamides is 1. The molecule has 0 heterocycles. The molecule has 0 aromatic heterocycles. The highest BCUT2D eigenvalue weighted by Gasteiger charge is 2.27. The molecule has 0 radical (unpaired) electrons. The average molecular weight is 522 g/mol. The second-order valence-corrected chi connectivity index (χ2v) is 11.1. The van der Waals surface area contributed by atoms with Gasteiger partial charge in [-0.15, -0.1) is 0 Å². The van der Waals surface area contributed by atoms with Crippen molar-refractivity contribution in [2.75, 3.05) is 23.7 Å². The summed E-state index contributed by atoms with van der Waals surface area (Å²) >= 11 is 6.04. The predicted molar refractivity (Wildman–Crippen MR) is 142 cm³/mol. The normalized spacial score (nSPS) is 13.1. The van der Waals surface area contributed by atoms with E-state index in [1.54, 1.807) is 36.1 Å². The summed E-state index contributed by atoms with van der Waals surface area (Å²) < 4.78 is 26.0. The fraction of sp³-hybridized carbons (Fsp3) is 0.462. The van der Waals surface area contributed by atoms with Crippen molar-refractivity contribution in [2.24, 2.45) is 0 Å². The third-order valence-corrected chi connectivity index (χ3v) is 7.33. The molecule has 0 unspecified atom stereocenters. The van der Waals surface area contributed by atoms with E-state index in [1.807, 2.05) is 44.2 Å². The van der Waals surface area contributed by atoms with Crippen LogP contribution in [-0.4, -0.2) is 56.6 Å². The van der Waals surface area contributed by atoms with E-state index in [2.05, 4.69) is 5.32 Å². The Morgan fingerprint density at radius 2 is 1.71 bits per heavy atom. The number of nitrogens with zero attached hydrogens (tertiary/aromatic N) is 2. The summed E-state index contributed by atoms with van der Waals surface area (Å²) in [6.07, 6.45) is 2.96. The van der Waals surface area contributed by atoms with Gasteiger partial charge >= 0.3 is 0 Å². The Labute approximate surface area is 214 Å². The van der Waals surface area contributed by atoms with Crippen molar-refractivity contribution < 1.29 is 18.0 Å². The summed E-state index contributed by atoms with van der Waals surface area (Å²) in [5.74, 6) is -0.385. The van der Waals surface area contributed by atoms with Crippen LogP contribution in [0.25, 0.3) is 0 Å². The molecule has 2 aromatic rings. The highest BCUT2D eigenvalue weighted by molar-refractivity contribution is 7.92. The standard InChI is InChI=1S/C26H36ClN3O4S/c1-5-20(2)28-26(32)21(3)29(18-16-22-11-7-6-8-12-22)25(31)15-10-17-30(35(4,33)34)24-14-9-13-23(27)19-24/h6-9,11-14,19-21H,5,10,15-18H2,1-4H3,(H,28,32)/t20-,21-/m1/s1. The van der Waals surface area contributed by atoms with Crippen LogP contribution in [0.3, 0.4) is 0 Å². The first-order valence-electron chi connectivity index (χ1n) is 11.9. The minimum Gasteiger partial charge on any atom is -0.352 e. The molecule has 0 fully saturated rings. The lowest BCUT2D eigenvalue weighted by atomic mass is 10.1. The molecule has 2 aromatic carbocycles. The summed E-state index contributed by atoms with van der Waals surface area (Å²) in [6.45, 7) is 6.17. The van der Waals surface area contributed by atoms with Crippen LogP contribution in [0.1, 0.15) is 45.6 Å². The number of rotatable bonds is 13. The first-order valence-corrected chi connectivity index (χ1v) is 14.1. The third-order valence-electron chi connectivity index (χ3n) is 5.90. The highest BCUT2D eigenvalue weighted by atomic mass is 35.5. The molecular formula is C26H36ClN3O4S. The average Bonchev–Trinajstić information content (AvgIpc) is 2.81. The van der Waals surface area contributed by atoms with Crippen LogP contribution >= 0.6 is 11.6 Å². The molecule has 2 rings (SSSR count). The van der Waals surface area contributed by atoms with Gasteiger partial charge in [0.2, 0.25) is 21.8 Å². The monoisotopic (exact) mass is 521 g/mol. The van der Waals surface area contributed by atoms with E-state index in [0.29, 0.717) is 30.1 Å². The Morgan fingerprint density at radius 1 is 1.03 bits per heavy atom. The fourth-order valence-electron chi connectivity index (χ4n) is 3.67. The quantitative estimate of drug-likeness (QED) is 0.426. The van der Waals surface area contributed by atoms with Gasteiger partial charge in [0, 0.05) is 30.6 Å². The van der Waals surface area contributed by atoms with Crippen molar-refractivity contribution in [1.29, 1.82) is 0 Å². The topological polar surface area (TPSA) is 86.8 Å². The molecule has 0 aliphatic rings. The summed E-state index contributed by atoms with van der Waals surface area (Å²) in [6, 6.07) is 15.8. The number of halogens is 1. The van der Waals surface area contributed by atoms with Gasteiger partial charge in [-0.2, -0.15) is 0 Å². The number of hydrogen-bond donors (Lipinski definition) is 1. The zero-order valence-corrected chi connectivity index (χ0v) is 22.5. The van der Waals surface area contributed by atoms with Gasteiger partial charge < -0.3 is 10.2 Å². The lowest BCUT2D eigenvalue weighted by Gasteiger charge is -2.30. The molecule has 2 amide bonds. The van der Waals surface area contributed by atoms with E-state index in [-0.39, 0.29) is 30.8 Å². The maximum absolute atomic E-state index is 13.2. The number of amides is 2. The third kappa shape index (κ3) is 9.18. The molecule has 7 nitrogen and oxygen atoms in total. The number of anilines is 1. The first kappa shape index (κ1) is 28.7. The maximum atomic E-state index is 13.2. The van der Waals surface area contributed by atoms with Crippen molar-refractivity contribution in [2.45, 2.75) is 58.5 Å². The molecule has 0 bridgehead atoms. The van der Waals surface area contributed by atoms with E-state index in [4.69, 9.17) is 11.6 Å². The van der Waals surface area contributed by atoms with Gasteiger partial charge in [-0.05, 0) is 56.9 Å². The van der Waals surface area contributed by atoms with Crippen molar-refractivity contribution in [3.63, 3.8) is 0 Å². The van der Waals surface area contributed by atoms with Crippen LogP contribution < -0.4 is 9.62 Å². The molecule has 0 saturated carbocycles. The van der Waals surface area contributed by atoms with Gasteiger partial charge in [-0.1, -0.05) is 54.9 Å². The molecule has 192 valence electrons. The predicted octanol–water partition coefficient (Wildman–Crippen LogP) is 4.26. The number of nitrogens with one attached hydrogen (secondary N) is 1. The van der Waals surface area contributed by atoms with E-state index >= 15 is 0 Å². The molecule has 0 saturated heterocycles. The molecule has 0 aliphatic heterocycles. The molecule has 35 heavy (non-hydrogen) atoms. The molecule has 2 atom stereocenters. The summed E-state index contributed by atoms with van der Waals surface area (Å²) in [7, 11) is -3.56. The van der Waals surface area contributed by atoms with Gasteiger partial charge in [-0.25, -0.2) is 8.42 Å². The smallest absolute Gasteiger partial charge is 0.242 e. The zero-order chi connectivity index (χ0) is 26.0. The summed E-state index contributed by atoms with van der Waals surface area (Å²) in [5, 5.41) is 3.38. The number of benzene rings is 2. The Morgan fingerprint density at radius 3 is 2.31 bits per heavy atom. The fourth-order valence-corrected chi connectivity index (χ4v) is 4.81. The summed E-state index contributed by atoms with van der Waals surface area (Å²) in [5.41, 5.74) is 1.53. The van der Waals surface area contributed by atoms with Crippen molar-refractivity contribution in [3.8, 4) is 0 Å².